The Labute approximate surface area is 128 Å². The lowest BCUT2D eigenvalue weighted by Gasteiger charge is -2.03. The number of hydrogen-bond acceptors (Lipinski definition) is 5. The number of ether oxygens (including phenoxy) is 3. The molecule has 116 valence electrons. The van der Waals surface area contributed by atoms with E-state index in [4.69, 9.17) is 14.2 Å². The first-order valence-corrected chi connectivity index (χ1v) is 6.83. The van der Waals surface area contributed by atoms with Crippen LogP contribution in [0.1, 0.15) is 12.0 Å². The summed E-state index contributed by atoms with van der Waals surface area (Å²) in [6.07, 6.45) is -0.342. The van der Waals surface area contributed by atoms with Crippen LogP contribution >= 0.6 is 0 Å². The van der Waals surface area contributed by atoms with Crippen LogP contribution < -0.4 is 10.1 Å². The molecule has 1 aliphatic rings. The molecule has 1 amide bonds. The molecule has 0 unspecified atom stereocenters. The summed E-state index contributed by atoms with van der Waals surface area (Å²) in [5.74, 6) is 5.69. The van der Waals surface area contributed by atoms with Gasteiger partial charge in [0.15, 0.2) is 0 Å². The summed E-state index contributed by atoms with van der Waals surface area (Å²) in [4.78, 5) is 22.4. The van der Waals surface area contributed by atoms with Crippen molar-refractivity contribution in [1.29, 1.82) is 0 Å². The van der Waals surface area contributed by atoms with Gasteiger partial charge in [0, 0.05) is 6.42 Å². The first-order chi connectivity index (χ1) is 10.7. The second-order valence-electron chi connectivity index (χ2n) is 4.71. The molecule has 0 aliphatic carbocycles. The Morgan fingerprint density at radius 2 is 2.18 bits per heavy atom. The molecule has 1 aromatic rings. The molecule has 1 aliphatic heterocycles. The van der Waals surface area contributed by atoms with Crippen molar-refractivity contribution in [2.45, 2.75) is 19.1 Å². The van der Waals surface area contributed by atoms with E-state index in [9.17, 15) is 9.59 Å². The number of cyclic esters (lactones) is 1. The van der Waals surface area contributed by atoms with Crippen molar-refractivity contribution in [3.8, 4) is 17.6 Å². The number of Topliss-reactive ketones (excluding diaryl/α,β-unsaturated/α-hetero) is 1. The van der Waals surface area contributed by atoms with Gasteiger partial charge < -0.3 is 19.5 Å². The molecule has 0 aromatic heterocycles. The van der Waals surface area contributed by atoms with E-state index in [-0.39, 0.29) is 31.5 Å². The van der Waals surface area contributed by atoms with Crippen molar-refractivity contribution in [1.82, 2.24) is 5.32 Å². The Bertz CT molecular complexity index is 585. The van der Waals surface area contributed by atoms with Gasteiger partial charge >= 0.3 is 6.09 Å². The summed E-state index contributed by atoms with van der Waals surface area (Å²) in [6, 6.07) is 7.23. The average Bonchev–Trinajstić information content (AvgIpc) is 2.92. The van der Waals surface area contributed by atoms with E-state index in [1.165, 1.54) is 0 Å². The molecule has 1 N–H and O–H groups in total. The van der Waals surface area contributed by atoms with Crippen LogP contribution in [0.15, 0.2) is 24.3 Å². The number of nitrogens with one attached hydrogen (secondary N) is 1. The van der Waals surface area contributed by atoms with Crippen LogP contribution in [0, 0.1) is 11.8 Å². The number of benzene rings is 1. The average molecular weight is 303 g/mol. The summed E-state index contributed by atoms with van der Waals surface area (Å²) in [6.45, 7) is 0.797. The lowest BCUT2D eigenvalue weighted by atomic mass is 10.1. The minimum Gasteiger partial charge on any atom is -0.497 e. The number of methoxy groups -OCH3 is 1. The molecule has 0 radical (unpaired) electrons. The maximum atomic E-state index is 11.6. The minimum absolute atomic E-state index is 0.150. The van der Waals surface area contributed by atoms with Crippen LogP contribution in [0.2, 0.25) is 0 Å². The summed E-state index contributed by atoms with van der Waals surface area (Å²) in [5.41, 5.74) is 1.000. The second kappa shape index (κ2) is 8.05. The number of hydrogen-bond donors (Lipinski definition) is 1. The van der Waals surface area contributed by atoms with E-state index in [0.717, 1.165) is 11.3 Å². The third-order valence-electron chi connectivity index (χ3n) is 3.00. The minimum atomic E-state index is -0.492. The Kier molecular flexibility index (Phi) is 5.81. The molecule has 0 spiro atoms. The van der Waals surface area contributed by atoms with Crippen LogP contribution in [0.5, 0.6) is 5.75 Å². The van der Waals surface area contributed by atoms with Crippen molar-refractivity contribution in [3.05, 3.63) is 29.8 Å². The third-order valence-corrected chi connectivity index (χ3v) is 3.00. The highest BCUT2D eigenvalue weighted by Crippen LogP contribution is 2.11. The number of rotatable bonds is 6. The Hall–Kier alpha value is -2.52. The zero-order valence-electron chi connectivity index (χ0n) is 12.3. The lowest BCUT2D eigenvalue weighted by molar-refractivity contribution is -0.114. The zero-order chi connectivity index (χ0) is 15.8. The molecule has 1 heterocycles. The summed E-state index contributed by atoms with van der Waals surface area (Å²) in [5, 5.41) is 2.53. The normalized spacial score (nSPS) is 16.2. The summed E-state index contributed by atoms with van der Waals surface area (Å²) >= 11 is 0. The summed E-state index contributed by atoms with van der Waals surface area (Å²) < 4.78 is 15.1. The Morgan fingerprint density at radius 3 is 2.82 bits per heavy atom. The van der Waals surface area contributed by atoms with E-state index >= 15 is 0 Å². The molecule has 6 heteroatoms. The fraction of sp³-hybridized carbons (Fsp3) is 0.375. The predicted molar refractivity (Wildman–Crippen MR) is 78.3 cm³/mol. The van der Waals surface area contributed by atoms with Crippen molar-refractivity contribution >= 4 is 11.9 Å². The van der Waals surface area contributed by atoms with E-state index < -0.39 is 6.09 Å². The van der Waals surface area contributed by atoms with Gasteiger partial charge in [0.2, 0.25) is 5.78 Å². The van der Waals surface area contributed by atoms with Gasteiger partial charge in [0.25, 0.3) is 0 Å². The van der Waals surface area contributed by atoms with Gasteiger partial charge in [-0.15, -0.1) is 0 Å². The highest BCUT2D eigenvalue weighted by Gasteiger charge is 2.23. The van der Waals surface area contributed by atoms with Gasteiger partial charge in [-0.3, -0.25) is 4.79 Å². The van der Waals surface area contributed by atoms with Crippen LogP contribution in [-0.4, -0.2) is 38.2 Å². The molecular weight excluding hydrogens is 286 g/mol. The number of ketones is 1. The molecule has 1 fully saturated rings. The van der Waals surface area contributed by atoms with Gasteiger partial charge in [-0.05, 0) is 23.6 Å². The highest BCUT2D eigenvalue weighted by atomic mass is 16.6. The number of carbonyl (C=O) groups excluding carboxylic acids is 2. The Morgan fingerprint density at radius 1 is 1.41 bits per heavy atom. The van der Waals surface area contributed by atoms with Gasteiger partial charge in [-0.1, -0.05) is 18.1 Å². The monoisotopic (exact) mass is 303 g/mol. The van der Waals surface area contributed by atoms with Crippen molar-refractivity contribution < 1.29 is 23.8 Å². The zero-order valence-corrected chi connectivity index (χ0v) is 12.3. The Balaban J connectivity index is 1.65. The maximum Gasteiger partial charge on any atom is 0.407 e. The molecular formula is C16H17NO5. The van der Waals surface area contributed by atoms with Crippen molar-refractivity contribution in [3.63, 3.8) is 0 Å². The third kappa shape index (κ3) is 5.11. The lowest BCUT2D eigenvalue weighted by Crippen LogP contribution is -2.28. The number of alkyl carbamates (subject to hydrolysis) is 1. The molecule has 1 aromatic carbocycles. The van der Waals surface area contributed by atoms with Crippen LogP contribution in [0.3, 0.4) is 0 Å². The fourth-order valence-electron chi connectivity index (χ4n) is 1.89. The van der Waals surface area contributed by atoms with Gasteiger partial charge in [0.05, 0.1) is 19.8 Å². The van der Waals surface area contributed by atoms with E-state index in [0.29, 0.717) is 6.61 Å². The summed E-state index contributed by atoms with van der Waals surface area (Å²) in [7, 11) is 1.61. The quantitative estimate of drug-likeness (QED) is 0.487. The van der Waals surface area contributed by atoms with Crippen molar-refractivity contribution in [2.24, 2.45) is 0 Å². The topological polar surface area (TPSA) is 73.9 Å². The molecule has 6 nitrogen and oxygen atoms in total. The SMILES string of the molecule is COc1ccc(COCC#CC(=O)C[C@@H]2COC(=O)N2)cc1. The standard InChI is InChI=1S/C16H17NO5/c1-20-15-6-4-12(5-7-15)10-21-8-2-3-14(18)9-13-11-22-16(19)17-13/h4-7,13H,8-11H2,1H3,(H,17,19)/t13-/m1/s1. The van der Waals surface area contributed by atoms with E-state index in [2.05, 4.69) is 17.2 Å². The van der Waals surface area contributed by atoms with Crippen molar-refractivity contribution in [2.75, 3.05) is 20.3 Å². The molecule has 0 bridgehead atoms. The second-order valence-corrected chi connectivity index (χ2v) is 4.71. The first kappa shape index (κ1) is 15.9. The van der Waals surface area contributed by atoms with Crippen LogP contribution in [0.25, 0.3) is 0 Å². The molecule has 1 atom stereocenters. The highest BCUT2D eigenvalue weighted by molar-refractivity contribution is 5.96. The molecule has 1 saturated heterocycles. The fourth-order valence-corrected chi connectivity index (χ4v) is 1.89. The van der Waals surface area contributed by atoms with E-state index in [1.807, 2.05) is 24.3 Å². The predicted octanol–water partition coefficient (Wildman–Crippen LogP) is 1.28. The molecule has 22 heavy (non-hydrogen) atoms. The largest absolute Gasteiger partial charge is 0.497 e. The first-order valence-electron chi connectivity index (χ1n) is 6.83. The van der Waals surface area contributed by atoms with Gasteiger partial charge in [-0.25, -0.2) is 4.79 Å². The number of carbonyl (C=O) groups is 2. The van der Waals surface area contributed by atoms with Crippen LogP contribution in [-0.2, 0) is 20.9 Å². The molecule has 2 rings (SSSR count). The maximum absolute atomic E-state index is 11.6. The van der Waals surface area contributed by atoms with Gasteiger partial charge in [0.1, 0.15) is 19.0 Å². The molecule has 0 saturated carbocycles. The smallest absolute Gasteiger partial charge is 0.407 e. The number of amides is 1. The van der Waals surface area contributed by atoms with Gasteiger partial charge in [-0.2, -0.15) is 0 Å². The van der Waals surface area contributed by atoms with E-state index in [1.54, 1.807) is 7.11 Å². The van der Waals surface area contributed by atoms with Crippen LogP contribution in [0.4, 0.5) is 4.79 Å².